The lowest BCUT2D eigenvalue weighted by Gasteiger charge is -2.00. The lowest BCUT2D eigenvalue weighted by Crippen LogP contribution is -2.03. The topological polar surface area (TPSA) is 77.0 Å². The molecule has 1 atom stereocenters. The average molecular weight is 262 g/mol. The molecular weight excluding hydrogens is 244 g/mol. The zero-order valence-corrected chi connectivity index (χ0v) is 11.0. The summed E-state index contributed by atoms with van der Waals surface area (Å²) < 4.78 is 6.97. The normalized spacial score (nSPS) is 18.0. The summed E-state index contributed by atoms with van der Waals surface area (Å²) in [5.41, 5.74) is 0.649. The van der Waals surface area contributed by atoms with Crippen LogP contribution < -0.4 is 0 Å². The second-order valence-electron chi connectivity index (χ2n) is 5.14. The van der Waals surface area contributed by atoms with Crippen molar-refractivity contribution in [3.63, 3.8) is 0 Å². The number of nitrogens with zero attached hydrogens (tertiary/aromatic N) is 4. The van der Waals surface area contributed by atoms with Crippen LogP contribution in [0.4, 0.5) is 0 Å². The van der Waals surface area contributed by atoms with E-state index >= 15 is 0 Å². The maximum Gasteiger partial charge on any atom is 0.248 e. The molecule has 0 amide bonds. The van der Waals surface area contributed by atoms with Crippen molar-refractivity contribution in [1.29, 1.82) is 0 Å². The zero-order chi connectivity index (χ0) is 13.2. The Labute approximate surface area is 111 Å². The number of aliphatic hydroxyl groups is 1. The lowest BCUT2D eigenvalue weighted by molar-refractivity contribution is 0.193. The highest BCUT2D eigenvalue weighted by atomic mass is 16.5. The highest BCUT2D eigenvalue weighted by Crippen LogP contribution is 2.32. The van der Waals surface area contributed by atoms with E-state index in [-0.39, 0.29) is 0 Å². The Hall–Kier alpha value is -1.69. The molecule has 2 aromatic rings. The third kappa shape index (κ3) is 2.68. The minimum absolute atomic E-state index is 0.451. The summed E-state index contributed by atoms with van der Waals surface area (Å²) in [7, 11) is 0. The molecule has 0 spiro atoms. The molecule has 0 bridgehead atoms. The van der Waals surface area contributed by atoms with Gasteiger partial charge in [0.05, 0.1) is 11.8 Å². The van der Waals surface area contributed by atoms with Crippen LogP contribution in [0.5, 0.6) is 0 Å². The molecule has 1 aliphatic rings. The molecule has 1 unspecified atom stereocenters. The molecule has 19 heavy (non-hydrogen) atoms. The van der Waals surface area contributed by atoms with Crippen LogP contribution in [0.1, 0.15) is 62.0 Å². The minimum Gasteiger partial charge on any atom is -0.387 e. The van der Waals surface area contributed by atoms with Crippen LogP contribution in [0.2, 0.25) is 0 Å². The van der Waals surface area contributed by atoms with Crippen LogP contribution in [-0.2, 0) is 6.54 Å². The van der Waals surface area contributed by atoms with E-state index < -0.39 is 6.10 Å². The fraction of sp³-hybridized carbons (Fsp3) is 0.615. The third-order valence-electron chi connectivity index (χ3n) is 3.59. The molecule has 0 radical (unpaired) electrons. The van der Waals surface area contributed by atoms with Crippen LogP contribution in [-0.4, -0.2) is 25.0 Å². The van der Waals surface area contributed by atoms with Gasteiger partial charge >= 0.3 is 0 Å². The SMILES string of the molecule is CC(O)c1ccn(Cc2nc(C3CCCC3)no2)n1. The highest BCUT2D eigenvalue weighted by molar-refractivity contribution is 5.03. The summed E-state index contributed by atoms with van der Waals surface area (Å²) in [6.45, 7) is 2.14. The van der Waals surface area contributed by atoms with Gasteiger partial charge in [-0.05, 0) is 25.8 Å². The van der Waals surface area contributed by atoms with Crippen LogP contribution in [0.25, 0.3) is 0 Å². The quantitative estimate of drug-likeness (QED) is 0.912. The second-order valence-corrected chi connectivity index (χ2v) is 5.14. The van der Waals surface area contributed by atoms with Crippen molar-refractivity contribution in [2.75, 3.05) is 0 Å². The monoisotopic (exact) mass is 262 g/mol. The molecule has 0 aliphatic heterocycles. The fourth-order valence-electron chi connectivity index (χ4n) is 2.51. The Bertz CT molecular complexity index is 540. The molecule has 1 fully saturated rings. The summed E-state index contributed by atoms with van der Waals surface area (Å²) in [6, 6.07) is 1.79. The maximum absolute atomic E-state index is 9.42. The molecule has 1 saturated carbocycles. The van der Waals surface area contributed by atoms with Gasteiger partial charge in [0.1, 0.15) is 6.54 Å². The first kappa shape index (κ1) is 12.3. The van der Waals surface area contributed by atoms with E-state index in [1.165, 1.54) is 12.8 Å². The Balaban J connectivity index is 1.68. The smallest absolute Gasteiger partial charge is 0.248 e. The predicted molar refractivity (Wildman–Crippen MR) is 67.5 cm³/mol. The summed E-state index contributed by atoms with van der Waals surface area (Å²) in [5, 5.41) is 17.7. The molecule has 2 heterocycles. The Morgan fingerprint density at radius 1 is 1.47 bits per heavy atom. The molecule has 0 saturated heterocycles. The van der Waals surface area contributed by atoms with Gasteiger partial charge < -0.3 is 9.63 Å². The molecule has 6 heteroatoms. The first-order chi connectivity index (χ1) is 9.22. The van der Waals surface area contributed by atoms with Gasteiger partial charge in [-0.3, -0.25) is 4.68 Å². The van der Waals surface area contributed by atoms with Gasteiger partial charge in [0.25, 0.3) is 0 Å². The minimum atomic E-state index is -0.557. The highest BCUT2D eigenvalue weighted by Gasteiger charge is 2.22. The maximum atomic E-state index is 9.42. The largest absolute Gasteiger partial charge is 0.387 e. The van der Waals surface area contributed by atoms with E-state index in [1.807, 2.05) is 6.20 Å². The van der Waals surface area contributed by atoms with E-state index in [1.54, 1.807) is 17.7 Å². The van der Waals surface area contributed by atoms with Crippen molar-refractivity contribution in [2.45, 2.75) is 51.2 Å². The van der Waals surface area contributed by atoms with Gasteiger partial charge in [0, 0.05) is 12.1 Å². The summed E-state index contributed by atoms with van der Waals surface area (Å²) in [6.07, 6.45) is 6.08. The third-order valence-corrected chi connectivity index (χ3v) is 3.59. The van der Waals surface area contributed by atoms with Gasteiger partial charge in [-0.25, -0.2) is 0 Å². The van der Waals surface area contributed by atoms with E-state index in [0.29, 0.717) is 24.0 Å². The number of aliphatic hydroxyl groups excluding tert-OH is 1. The summed E-state index contributed by atoms with van der Waals surface area (Å²) >= 11 is 0. The van der Waals surface area contributed by atoms with Crippen LogP contribution >= 0.6 is 0 Å². The predicted octanol–water partition coefficient (Wildman–Crippen LogP) is 2.03. The first-order valence-electron chi connectivity index (χ1n) is 6.76. The van der Waals surface area contributed by atoms with Gasteiger partial charge in [-0.1, -0.05) is 18.0 Å². The summed E-state index contributed by atoms with van der Waals surface area (Å²) in [5.74, 6) is 1.86. The van der Waals surface area contributed by atoms with E-state index in [4.69, 9.17) is 4.52 Å². The van der Waals surface area contributed by atoms with Gasteiger partial charge in [0.2, 0.25) is 5.89 Å². The molecule has 6 nitrogen and oxygen atoms in total. The number of rotatable bonds is 4. The Kier molecular flexibility index (Phi) is 3.33. The number of aromatic nitrogens is 4. The van der Waals surface area contributed by atoms with Crippen molar-refractivity contribution >= 4 is 0 Å². The molecule has 1 aliphatic carbocycles. The fourth-order valence-corrected chi connectivity index (χ4v) is 2.51. The average Bonchev–Trinajstić information content (AvgIpc) is 3.09. The Morgan fingerprint density at radius 3 is 2.95 bits per heavy atom. The molecule has 0 aromatic carbocycles. The molecule has 1 N–H and O–H groups in total. The molecule has 3 rings (SSSR count). The van der Waals surface area contributed by atoms with Crippen molar-refractivity contribution in [3.05, 3.63) is 29.7 Å². The van der Waals surface area contributed by atoms with Gasteiger partial charge in [-0.2, -0.15) is 10.1 Å². The Morgan fingerprint density at radius 2 is 2.26 bits per heavy atom. The van der Waals surface area contributed by atoms with E-state index in [2.05, 4.69) is 15.2 Å². The molecule has 2 aromatic heterocycles. The van der Waals surface area contributed by atoms with Crippen molar-refractivity contribution in [3.8, 4) is 0 Å². The van der Waals surface area contributed by atoms with Gasteiger partial charge in [-0.15, -0.1) is 0 Å². The zero-order valence-electron chi connectivity index (χ0n) is 11.0. The van der Waals surface area contributed by atoms with Gasteiger partial charge in [0.15, 0.2) is 5.82 Å². The molecular formula is C13H18N4O2. The van der Waals surface area contributed by atoms with Crippen LogP contribution in [0.15, 0.2) is 16.8 Å². The van der Waals surface area contributed by atoms with Crippen molar-refractivity contribution in [2.24, 2.45) is 0 Å². The van der Waals surface area contributed by atoms with Crippen molar-refractivity contribution in [1.82, 2.24) is 19.9 Å². The van der Waals surface area contributed by atoms with Crippen LogP contribution in [0, 0.1) is 0 Å². The lowest BCUT2D eigenvalue weighted by atomic mass is 10.1. The first-order valence-corrected chi connectivity index (χ1v) is 6.76. The summed E-state index contributed by atoms with van der Waals surface area (Å²) in [4.78, 5) is 4.44. The van der Waals surface area contributed by atoms with Crippen LogP contribution in [0.3, 0.4) is 0 Å². The second kappa shape index (κ2) is 5.13. The molecule has 102 valence electrons. The van der Waals surface area contributed by atoms with E-state index in [9.17, 15) is 5.11 Å². The number of hydrogen-bond acceptors (Lipinski definition) is 5. The standard InChI is InChI=1S/C13H18N4O2/c1-9(18)11-6-7-17(15-11)8-12-14-13(16-19-12)10-4-2-3-5-10/h6-7,9-10,18H,2-5,8H2,1H3. The van der Waals surface area contributed by atoms with Crippen molar-refractivity contribution < 1.29 is 9.63 Å². The number of hydrogen-bond donors (Lipinski definition) is 1. The van der Waals surface area contributed by atoms with E-state index in [0.717, 1.165) is 18.7 Å².